The van der Waals surface area contributed by atoms with E-state index in [4.69, 9.17) is 10.7 Å². The lowest BCUT2D eigenvalue weighted by Crippen LogP contribution is -2.11. The predicted molar refractivity (Wildman–Crippen MR) is 113 cm³/mol. The van der Waals surface area contributed by atoms with Crippen molar-refractivity contribution >= 4 is 60.5 Å². The first-order valence-corrected chi connectivity index (χ1v) is 10.4. The first-order chi connectivity index (χ1) is 13.0. The van der Waals surface area contributed by atoms with E-state index in [-0.39, 0.29) is 5.91 Å². The van der Waals surface area contributed by atoms with E-state index in [9.17, 15) is 4.79 Å². The van der Waals surface area contributed by atoms with E-state index in [0.29, 0.717) is 21.6 Å². The monoisotopic (exact) mass is 397 g/mol. The molecular weight excluding hydrogens is 378 g/mol. The van der Waals surface area contributed by atoms with E-state index in [1.165, 1.54) is 28.2 Å². The number of nitrogens with two attached hydrogens (primary N) is 1. The summed E-state index contributed by atoms with van der Waals surface area (Å²) < 4.78 is 0. The molecule has 0 saturated carbocycles. The standard InChI is InChI=1S/C19H19N5OS2/c1-4-14-23-24-19(26-14)22-17(25)16-15(20)12-8-11-7-10(9(2)3)5-6-13(11)21-18(12)27-16/h5-9H,4,20H2,1-3H3,(H,22,24,25). The van der Waals surface area contributed by atoms with Gasteiger partial charge in [0.05, 0.1) is 11.2 Å². The van der Waals surface area contributed by atoms with Gasteiger partial charge in [-0.15, -0.1) is 21.5 Å². The minimum atomic E-state index is -0.277. The van der Waals surface area contributed by atoms with Crippen molar-refractivity contribution in [2.24, 2.45) is 0 Å². The molecule has 1 amide bonds. The van der Waals surface area contributed by atoms with E-state index in [0.717, 1.165) is 32.5 Å². The molecule has 0 radical (unpaired) electrons. The number of hydrogen-bond donors (Lipinski definition) is 2. The minimum Gasteiger partial charge on any atom is -0.397 e. The van der Waals surface area contributed by atoms with Gasteiger partial charge in [0.25, 0.3) is 5.91 Å². The van der Waals surface area contributed by atoms with Gasteiger partial charge in [0.1, 0.15) is 14.7 Å². The second-order valence-corrected chi connectivity index (χ2v) is 8.66. The number of nitrogens with one attached hydrogen (secondary N) is 1. The number of nitrogens with zero attached hydrogens (tertiary/aromatic N) is 3. The molecule has 3 heterocycles. The molecule has 3 aromatic heterocycles. The van der Waals surface area contributed by atoms with Crippen molar-refractivity contribution in [3.05, 3.63) is 39.7 Å². The van der Waals surface area contributed by atoms with Crippen molar-refractivity contribution in [3.63, 3.8) is 0 Å². The zero-order valence-electron chi connectivity index (χ0n) is 15.2. The fourth-order valence-electron chi connectivity index (χ4n) is 2.85. The maximum Gasteiger partial charge on any atom is 0.269 e. The third-order valence-corrected chi connectivity index (χ3v) is 6.50. The lowest BCUT2D eigenvalue weighted by molar-refractivity contribution is 0.103. The Morgan fingerprint density at radius 3 is 2.74 bits per heavy atom. The largest absolute Gasteiger partial charge is 0.397 e. The third kappa shape index (κ3) is 3.26. The molecule has 27 heavy (non-hydrogen) atoms. The summed E-state index contributed by atoms with van der Waals surface area (Å²) in [6.45, 7) is 6.31. The van der Waals surface area contributed by atoms with Crippen molar-refractivity contribution in [1.29, 1.82) is 0 Å². The molecule has 4 rings (SSSR count). The molecule has 3 N–H and O–H groups in total. The van der Waals surface area contributed by atoms with Crippen LogP contribution in [0, 0.1) is 0 Å². The maximum atomic E-state index is 12.7. The summed E-state index contributed by atoms with van der Waals surface area (Å²) in [5.41, 5.74) is 8.89. The number of anilines is 2. The molecule has 8 heteroatoms. The van der Waals surface area contributed by atoms with Gasteiger partial charge in [-0.2, -0.15) is 0 Å². The lowest BCUT2D eigenvalue weighted by Gasteiger charge is -2.06. The van der Waals surface area contributed by atoms with Crippen LogP contribution in [0.5, 0.6) is 0 Å². The highest BCUT2D eigenvalue weighted by Crippen LogP contribution is 2.35. The van der Waals surface area contributed by atoms with Crippen LogP contribution in [0.25, 0.3) is 21.1 Å². The number of rotatable bonds is 4. The molecule has 0 unspecified atom stereocenters. The number of pyridine rings is 1. The third-order valence-electron chi connectivity index (χ3n) is 4.40. The summed E-state index contributed by atoms with van der Waals surface area (Å²) in [5.74, 6) is 0.160. The summed E-state index contributed by atoms with van der Waals surface area (Å²) in [4.78, 5) is 18.6. The van der Waals surface area contributed by atoms with Gasteiger partial charge in [-0.1, -0.05) is 38.2 Å². The molecule has 0 aliphatic heterocycles. The van der Waals surface area contributed by atoms with Crippen LogP contribution in [-0.4, -0.2) is 21.1 Å². The molecule has 1 aromatic carbocycles. The zero-order chi connectivity index (χ0) is 19.1. The zero-order valence-corrected chi connectivity index (χ0v) is 16.9. The molecule has 0 atom stereocenters. The molecule has 0 fully saturated rings. The van der Waals surface area contributed by atoms with E-state index >= 15 is 0 Å². The highest BCUT2D eigenvalue weighted by atomic mass is 32.1. The van der Waals surface area contributed by atoms with Gasteiger partial charge in [0.15, 0.2) is 0 Å². The topological polar surface area (TPSA) is 93.8 Å². The predicted octanol–water partition coefficient (Wildman–Crippen LogP) is 4.82. The Morgan fingerprint density at radius 1 is 1.22 bits per heavy atom. The van der Waals surface area contributed by atoms with Crippen LogP contribution < -0.4 is 11.1 Å². The Balaban J connectivity index is 1.73. The summed E-state index contributed by atoms with van der Waals surface area (Å²) in [6, 6.07) is 8.27. The van der Waals surface area contributed by atoms with Gasteiger partial charge >= 0.3 is 0 Å². The van der Waals surface area contributed by atoms with Gasteiger partial charge in [-0.25, -0.2) is 4.98 Å². The van der Waals surface area contributed by atoms with Crippen LogP contribution in [0.15, 0.2) is 24.3 Å². The second kappa shape index (κ2) is 6.86. The van der Waals surface area contributed by atoms with Crippen LogP contribution in [0.4, 0.5) is 10.8 Å². The second-order valence-electron chi connectivity index (χ2n) is 6.60. The first kappa shape index (κ1) is 17.8. The van der Waals surface area contributed by atoms with Crippen LogP contribution in [0.3, 0.4) is 0 Å². The molecular formula is C19H19N5OS2. The highest BCUT2D eigenvalue weighted by Gasteiger charge is 2.19. The minimum absolute atomic E-state index is 0.277. The fraction of sp³-hybridized carbons (Fsp3) is 0.263. The van der Waals surface area contributed by atoms with Gasteiger partial charge in [0.2, 0.25) is 5.13 Å². The maximum absolute atomic E-state index is 12.7. The highest BCUT2D eigenvalue weighted by molar-refractivity contribution is 7.21. The summed E-state index contributed by atoms with van der Waals surface area (Å²) >= 11 is 2.67. The molecule has 138 valence electrons. The average molecular weight is 398 g/mol. The van der Waals surface area contributed by atoms with Crippen molar-refractivity contribution in [3.8, 4) is 0 Å². The van der Waals surface area contributed by atoms with E-state index < -0.39 is 0 Å². The Hall–Kier alpha value is -2.58. The number of benzene rings is 1. The lowest BCUT2D eigenvalue weighted by atomic mass is 10.0. The number of aromatic nitrogens is 3. The van der Waals surface area contributed by atoms with E-state index in [1.54, 1.807) is 0 Å². The SMILES string of the molecule is CCc1nnc(NC(=O)c2sc3nc4ccc(C(C)C)cc4cc3c2N)s1. The van der Waals surface area contributed by atoms with Crippen molar-refractivity contribution < 1.29 is 4.79 Å². The Bertz CT molecular complexity index is 1160. The Morgan fingerprint density at radius 2 is 2.04 bits per heavy atom. The smallest absolute Gasteiger partial charge is 0.269 e. The van der Waals surface area contributed by atoms with Crippen LogP contribution in [0.1, 0.15) is 46.9 Å². The normalized spacial score (nSPS) is 11.6. The van der Waals surface area contributed by atoms with Gasteiger partial charge in [-0.3, -0.25) is 10.1 Å². The van der Waals surface area contributed by atoms with Crippen molar-refractivity contribution in [2.75, 3.05) is 11.1 Å². The van der Waals surface area contributed by atoms with Crippen molar-refractivity contribution in [2.45, 2.75) is 33.1 Å². The Labute approximate surface area is 164 Å². The molecule has 0 bridgehead atoms. The summed E-state index contributed by atoms with van der Waals surface area (Å²) in [5, 5.41) is 14.0. The molecule has 6 nitrogen and oxygen atoms in total. The molecule has 0 aliphatic rings. The van der Waals surface area contributed by atoms with E-state index in [2.05, 4.69) is 41.5 Å². The van der Waals surface area contributed by atoms with Crippen LogP contribution in [-0.2, 0) is 6.42 Å². The van der Waals surface area contributed by atoms with Gasteiger partial charge < -0.3 is 5.73 Å². The molecule has 0 spiro atoms. The summed E-state index contributed by atoms with van der Waals surface area (Å²) in [6.07, 6.45) is 0.785. The first-order valence-electron chi connectivity index (χ1n) is 8.72. The number of thiophene rings is 1. The number of amides is 1. The van der Waals surface area contributed by atoms with Gasteiger partial charge in [-0.05, 0) is 36.1 Å². The number of aryl methyl sites for hydroxylation is 1. The number of carbonyl (C=O) groups is 1. The van der Waals surface area contributed by atoms with E-state index in [1.807, 2.05) is 19.1 Å². The molecule has 0 aliphatic carbocycles. The molecule has 4 aromatic rings. The average Bonchev–Trinajstić information content (AvgIpc) is 3.24. The van der Waals surface area contributed by atoms with Crippen molar-refractivity contribution in [1.82, 2.24) is 15.2 Å². The summed E-state index contributed by atoms with van der Waals surface area (Å²) in [7, 11) is 0. The van der Waals surface area contributed by atoms with Gasteiger partial charge in [0, 0.05) is 10.8 Å². The fourth-order valence-corrected chi connectivity index (χ4v) is 4.51. The number of hydrogen-bond acceptors (Lipinski definition) is 7. The number of fused-ring (bicyclic) bond motifs is 2. The quantitative estimate of drug-likeness (QED) is 0.515. The van der Waals surface area contributed by atoms with Crippen LogP contribution in [0.2, 0.25) is 0 Å². The number of nitrogen functional groups attached to an aromatic ring is 1. The molecule has 0 saturated heterocycles. The van der Waals surface area contributed by atoms with Crippen LogP contribution >= 0.6 is 22.7 Å². The Kier molecular flexibility index (Phi) is 4.53. The number of carbonyl (C=O) groups excluding carboxylic acids is 1.